The van der Waals surface area contributed by atoms with Crippen molar-refractivity contribution in [3.8, 4) is 11.6 Å². The zero-order valence-corrected chi connectivity index (χ0v) is 18.3. The van der Waals surface area contributed by atoms with Crippen LogP contribution in [0.5, 0.6) is 11.6 Å². The average Bonchev–Trinajstić information content (AvgIpc) is 2.85. The molecule has 4 rings (SSSR count). The highest BCUT2D eigenvalue weighted by Gasteiger charge is 2.32. The number of aromatic nitrogens is 3. The summed E-state index contributed by atoms with van der Waals surface area (Å²) in [6.45, 7) is 0. The second-order valence-corrected chi connectivity index (χ2v) is 7.30. The third-order valence-corrected chi connectivity index (χ3v) is 4.66. The number of nitrogens with two attached hydrogens (primary N) is 1. The van der Waals surface area contributed by atoms with Gasteiger partial charge in [-0.05, 0) is 48.5 Å². The lowest BCUT2D eigenvalue weighted by atomic mass is 10.2. The van der Waals surface area contributed by atoms with Gasteiger partial charge in [-0.3, -0.25) is 9.59 Å². The Bertz CT molecular complexity index is 1410. The van der Waals surface area contributed by atoms with Crippen molar-refractivity contribution in [2.24, 2.45) is 5.73 Å². The number of carbonyl (C=O) groups excluding carboxylic acids is 2. The molecule has 0 saturated heterocycles. The number of amides is 2. The summed E-state index contributed by atoms with van der Waals surface area (Å²) in [5, 5.41) is 5.32. The second kappa shape index (κ2) is 10.1. The van der Waals surface area contributed by atoms with Gasteiger partial charge in [-0.2, -0.15) is 13.2 Å². The van der Waals surface area contributed by atoms with Crippen LogP contribution in [0.15, 0.2) is 79.1 Å². The van der Waals surface area contributed by atoms with E-state index < -0.39 is 23.7 Å². The number of alkyl halides is 3. The van der Waals surface area contributed by atoms with E-state index in [9.17, 15) is 22.8 Å². The highest BCUT2D eigenvalue weighted by molar-refractivity contribution is 6.04. The van der Waals surface area contributed by atoms with Crippen LogP contribution >= 0.6 is 0 Å². The fraction of sp³-hybridized carbons (Fsp3) is 0.0417. The number of hydrogen-bond acceptors (Lipinski definition) is 7. The summed E-state index contributed by atoms with van der Waals surface area (Å²) < 4.78 is 44.2. The van der Waals surface area contributed by atoms with Gasteiger partial charge in [-0.25, -0.2) is 15.0 Å². The van der Waals surface area contributed by atoms with Crippen LogP contribution in [0.2, 0.25) is 0 Å². The van der Waals surface area contributed by atoms with Crippen LogP contribution in [-0.2, 0) is 6.18 Å². The first-order chi connectivity index (χ1) is 17.2. The molecule has 4 aromatic rings. The van der Waals surface area contributed by atoms with Gasteiger partial charge in [0.15, 0.2) is 0 Å². The van der Waals surface area contributed by atoms with Gasteiger partial charge >= 0.3 is 6.18 Å². The zero-order valence-electron chi connectivity index (χ0n) is 18.3. The number of halogens is 3. The summed E-state index contributed by atoms with van der Waals surface area (Å²) in [5.74, 6) is -0.739. The Morgan fingerprint density at radius 2 is 1.67 bits per heavy atom. The van der Waals surface area contributed by atoms with Crippen LogP contribution in [-0.4, -0.2) is 26.8 Å². The van der Waals surface area contributed by atoms with Crippen molar-refractivity contribution in [3.05, 3.63) is 95.9 Å². The molecule has 0 aliphatic heterocycles. The van der Waals surface area contributed by atoms with E-state index in [0.717, 1.165) is 12.3 Å². The highest BCUT2D eigenvalue weighted by Crippen LogP contribution is 2.28. The minimum Gasteiger partial charge on any atom is -0.439 e. The quantitative estimate of drug-likeness (QED) is 0.337. The molecule has 2 aromatic carbocycles. The number of primary amides is 1. The summed E-state index contributed by atoms with van der Waals surface area (Å²) in [5.41, 5.74) is 5.38. The molecule has 2 heterocycles. The highest BCUT2D eigenvalue weighted by atomic mass is 19.4. The molecule has 9 nitrogen and oxygen atoms in total. The van der Waals surface area contributed by atoms with Gasteiger partial charge in [0.1, 0.15) is 11.4 Å². The molecule has 0 atom stereocenters. The van der Waals surface area contributed by atoms with E-state index in [2.05, 4.69) is 25.6 Å². The number of nitrogens with one attached hydrogen (secondary N) is 2. The van der Waals surface area contributed by atoms with Crippen molar-refractivity contribution in [2.75, 3.05) is 10.6 Å². The average molecular weight is 494 g/mol. The molecule has 0 aliphatic carbocycles. The molecule has 0 saturated carbocycles. The van der Waals surface area contributed by atoms with Crippen molar-refractivity contribution < 1.29 is 27.5 Å². The number of hydrogen-bond donors (Lipinski definition) is 3. The van der Waals surface area contributed by atoms with Gasteiger partial charge in [-0.15, -0.1) is 0 Å². The van der Waals surface area contributed by atoms with Crippen LogP contribution in [0, 0.1) is 0 Å². The van der Waals surface area contributed by atoms with E-state index in [1.54, 1.807) is 36.4 Å². The Morgan fingerprint density at radius 1 is 0.889 bits per heavy atom. The molecular weight excluding hydrogens is 477 g/mol. The molecule has 2 aromatic heterocycles. The Kier molecular flexibility index (Phi) is 6.77. The molecule has 0 bridgehead atoms. The van der Waals surface area contributed by atoms with Gasteiger partial charge < -0.3 is 21.1 Å². The molecular formula is C24H17F3N6O3. The standard InChI is InChI=1S/C24H17F3N6O3/c25-24(26,27)19-9-10-29-23(33-19)32-16-5-1-4-15(11-16)22(35)31-17-7-8-20(30-13-17)36-18-6-2-3-14(12-18)21(28)34/h1-13H,(H2,28,34)(H,31,35)(H,29,32,33). The third-order valence-electron chi connectivity index (χ3n) is 4.66. The first kappa shape index (κ1) is 24.1. The van der Waals surface area contributed by atoms with Crippen LogP contribution in [0.4, 0.5) is 30.5 Å². The van der Waals surface area contributed by atoms with Crippen molar-refractivity contribution in [1.82, 2.24) is 15.0 Å². The molecule has 0 unspecified atom stereocenters. The van der Waals surface area contributed by atoms with Gasteiger partial charge in [0, 0.05) is 29.1 Å². The molecule has 182 valence electrons. The van der Waals surface area contributed by atoms with Crippen molar-refractivity contribution >= 4 is 29.1 Å². The normalized spacial score (nSPS) is 11.0. The molecule has 0 spiro atoms. The molecule has 2 amide bonds. The van der Waals surface area contributed by atoms with Crippen LogP contribution < -0.4 is 21.1 Å². The summed E-state index contributed by atoms with van der Waals surface area (Å²) in [4.78, 5) is 35.3. The SMILES string of the molecule is NC(=O)c1cccc(Oc2ccc(NC(=O)c3cccc(Nc4nccc(C(F)(F)F)n4)c3)cn2)c1. The van der Waals surface area contributed by atoms with Gasteiger partial charge in [0.2, 0.25) is 17.7 Å². The van der Waals surface area contributed by atoms with E-state index in [0.29, 0.717) is 17.1 Å². The number of carbonyl (C=O) groups is 2. The first-order valence-electron chi connectivity index (χ1n) is 10.3. The summed E-state index contributed by atoms with van der Waals surface area (Å²) in [6, 6.07) is 16.2. The van der Waals surface area contributed by atoms with Crippen molar-refractivity contribution in [1.29, 1.82) is 0 Å². The summed E-state index contributed by atoms with van der Waals surface area (Å²) >= 11 is 0. The smallest absolute Gasteiger partial charge is 0.433 e. The fourth-order valence-corrected chi connectivity index (χ4v) is 3.00. The lowest BCUT2D eigenvalue weighted by molar-refractivity contribution is -0.141. The fourth-order valence-electron chi connectivity index (χ4n) is 3.00. The Morgan fingerprint density at radius 3 is 2.39 bits per heavy atom. The van der Waals surface area contributed by atoms with E-state index in [-0.39, 0.29) is 23.0 Å². The van der Waals surface area contributed by atoms with Crippen LogP contribution in [0.3, 0.4) is 0 Å². The number of nitrogens with zero attached hydrogens (tertiary/aromatic N) is 3. The van der Waals surface area contributed by atoms with Gasteiger partial charge in [-0.1, -0.05) is 12.1 Å². The molecule has 12 heteroatoms. The first-order valence-corrected chi connectivity index (χ1v) is 10.3. The monoisotopic (exact) mass is 494 g/mol. The Labute approximate surface area is 202 Å². The maximum atomic E-state index is 12.9. The Balaban J connectivity index is 1.41. The predicted octanol–water partition coefficient (Wildman–Crippen LogP) is 4.78. The number of ether oxygens (including phenoxy) is 1. The molecule has 4 N–H and O–H groups in total. The number of benzene rings is 2. The number of pyridine rings is 1. The maximum absolute atomic E-state index is 12.9. The van der Waals surface area contributed by atoms with Gasteiger partial charge in [0.25, 0.3) is 5.91 Å². The number of rotatable bonds is 7. The van der Waals surface area contributed by atoms with E-state index >= 15 is 0 Å². The summed E-state index contributed by atoms with van der Waals surface area (Å²) in [7, 11) is 0. The molecule has 0 radical (unpaired) electrons. The predicted molar refractivity (Wildman–Crippen MR) is 124 cm³/mol. The lowest BCUT2D eigenvalue weighted by Gasteiger charge is -2.10. The third kappa shape index (κ3) is 6.11. The van der Waals surface area contributed by atoms with Crippen LogP contribution in [0.1, 0.15) is 26.4 Å². The van der Waals surface area contributed by atoms with Crippen LogP contribution in [0.25, 0.3) is 0 Å². The molecule has 0 aliphatic rings. The Hall–Kier alpha value is -5.00. The second-order valence-electron chi connectivity index (χ2n) is 7.30. The molecule has 0 fully saturated rings. The van der Waals surface area contributed by atoms with Crippen molar-refractivity contribution in [3.63, 3.8) is 0 Å². The lowest BCUT2D eigenvalue weighted by Crippen LogP contribution is -2.13. The largest absolute Gasteiger partial charge is 0.439 e. The van der Waals surface area contributed by atoms with E-state index in [4.69, 9.17) is 10.5 Å². The van der Waals surface area contributed by atoms with E-state index in [1.807, 2.05) is 0 Å². The topological polar surface area (TPSA) is 132 Å². The minimum atomic E-state index is -4.61. The minimum absolute atomic E-state index is 0.224. The maximum Gasteiger partial charge on any atom is 0.433 e. The van der Waals surface area contributed by atoms with Crippen molar-refractivity contribution in [2.45, 2.75) is 6.18 Å². The summed E-state index contributed by atoms with van der Waals surface area (Å²) in [6.07, 6.45) is -2.24. The zero-order chi connectivity index (χ0) is 25.7. The van der Waals surface area contributed by atoms with Gasteiger partial charge in [0.05, 0.1) is 11.9 Å². The van der Waals surface area contributed by atoms with E-state index in [1.165, 1.54) is 30.5 Å². The molecule has 36 heavy (non-hydrogen) atoms. The number of anilines is 3.